The summed E-state index contributed by atoms with van der Waals surface area (Å²) in [6, 6.07) is 10.5. The highest BCUT2D eigenvalue weighted by atomic mass is 16.5. The second kappa shape index (κ2) is 6.68. The molecular weight excluding hydrogens is 250 g/mol. The Morgan fingerprint density at radius 1 is 1.35 bits per heavy atom. The number of likely N-dealkylation sites (N-methyl/N-ethyl adjacent to an activating group) is 1. The second-order valence-corrected chi connectivity index (χ2v) is 4.96. The van der Waals surface area contributed by atoms with E-state index in [1.807, 2.05) is 18.2 Å². The second-order valence-electron chi connectivity index (χ2n) is 4.96. The third-order valence-corrected chi connectivity index (χ3v) is 3.55. The van der Waals surface area contributed by atoms with Gasteiger partial charge in [-0.05, 0) is 26.0 Å². The van der Waals surface area contributed by atoms with Gasteiger partial charge in [0.25, 0.3) is 0 Å². The molecule has 4 nitrogen and oxygen atoms in total. The molecule has 1 heterocycles. The molecule has 1 aromatic carbocycles. The number of methoxy groups -OCH3 is 1. The quantitative estimate of drug-likeness (QED) is 0.879. The molecule has 2 rings (SSSR count). The van der Waals surface area contributed by atoms with Crippen LogP contribution in [-0.4, -0.2) is 31.3 Å². The van der Waals surface area contributed by atoms with Gasteiger partial charge < -0.3 is 15.4 Å². The fourth-order valence-corrected chi connectivity index (χ4v) is 2.55. The van der Waals surface area contributed by atoms with Gasteiger partial charge in [0.05, 0.1) is 18.2 Å². The van der Waals surface area contributed by atoms with Crippen molar-refractivity contribution in [1.82, 2.24) is 4.98 Å². The van der Waals surface area contributed by atoms with E-state index in [1.165, 1.54) is 0 Å². The van der Waals surface area contributed by atoms with Crippen molar-refractivity contribution in [2.45, 2.75) is 26.4 Å². The van der Waals surface area contributed by atoms with Gasteiger partial charge in [0.15, 0.2) is 0 Å². The number of anilines is 1. The molecule has 4 heteroatoms. The first-order valence-corrected chi connectivity index (χ1v) is 7.05. The Morgan fingerprint density at radius 2 is 2.10 bits per heavy atom. The molecule has 1 unspecified atom stereocenters. The molecule has 0 amide bonds. The number of rotatable bonds is 6. The average Bonchev–Trinajstić information content (AvgIpc) is 2.47. The van der Waals surface area contributed by atoms with Crippen molar-refractivity contribution in [1.29, 1.82) is 0 Å². The first-order chi connectivity index (χ1) is 9.71. The van der Waals surface area contributed by atoms with E-state index in [0.717, 1.165) is 28.8 Å². The minimum Gasteiger partial charge on any atom is -0.383 e. The molecule has 0 spiro atoms. The Balaban J connectivity index is 2.49. The molecule has 1 aromatic heterocycles. The standard InChI is InChI=1S/C16H23N3O/c1-4-19(12(2)11-20-3)16-14(10-17)9-13-7-5-6-8-15(13)18-16/h5-9,12H,4,10-11,17H2,1-3H3. The molecule has 0 fully saturated rings. The van der Waals surface area contributed by atoms with Gasteiger partial charge in [0.2, 0.25) is 0 Å². The maximum atomic E-state index is 5.91. The first kappa shape index (κ1) is 14.8. The average molecular weight is 273 g/mol. The van der Waals surface area contributed by atoms with Crippen LogP contribution in [0.3, 0.4) is 0 Å². The van der Waals surface area contributed by atoms with Gasteiger partial charge in [-0.15, -0.1) is 0 Å². The molecule has 2 N–H and O–H groups in total. The predicted molar refractivity (Wildman–Crippen MR) is 84.0 cm³/mol. The minimum atomic E-state index is 0.268. The van der Waals surface area contributed by atoms with Crippen LogP contribution in [0, 0.1) is 0 Å². The highest BCUT2D eigenvalue weighted by molar-refractivity contribution is 5.81. The van der Waals surface area contributed by atoms with Crippen LogP contribution in [0.5, 0.6) is 0 Å². The smallest absolute Gasteiger partial charge is 0.134 e. The normalized spacial score (nSPS) is 12.6. The Kier molecular flexibility index (Phi) is 4.93. The summed E-state index contributed by atoms with van der Waals surface area (Å²) in [6.07, 6.45) is 0. The van der Waals surface area contributed by atoms with E-state index < -0.39 is 0 Å². The van der Waals surface area contributed by atoms with Gasteiger partial charge in [-0.1, -0.05) is 18.2 Å². The molecule has 0 aliphatic heterocycles. The number of benzene rings is 1. The van der Waals surface area contributed by atoms with Crippen LogP contribution < -0.4 is 10.6 Å². The largest absolute Gasteiger partial charge is 0.383 e. The van der Waals surface area contributed by atoms with Crippen LogP contribution in [0.1, 0.15) is 19.4 Å². The summed E-state index contributed by atoms with van der Waals surface area (Å²) in [5, 5.41) is 1.13. The topological polar surface area (TPSA) is 51.4 Å². The number of pyridine rings is 1. The Morgan fingerprint density at radius 3 is 2.75 bits per heavy atom. The molecule has 0 saturated carbocycles. The number of hydrogen-bond donors (Lipinski definition) is 1. The number of nitrogens with two attached hydrogens (primary N) is 1. The number of ether oxygens (including phenoxy) is 1. The third-order valence-electron chi connectivity index (χ3n) is 3.55. The highest BCUT2D eigenvalue weighted by Crippen LogP contribution is 2.24. The summed E-state index contributed by atoms with van der Waals surface area (Å²) in [5.41, 5.74) is 7.99. The van der Waals surface area contributed by atoms with E-state index in [2.05, 4.69) is 30.9 Å². The Labute approximate surface area is 120 Å². The van der Waals surface area contributed by atoms with Gasteiger partial charge in [0, 0.05) is 31.1 Å². The van der Waals surface area contributed by atoms with Crippen LogP contribution >= 0.6 is 0 Å². The molecule has 0 saturated heterocycles. The van der Waals surface area contributed by atoms with E-state index in [1.54, 1.807) is 7.11 Å². The molecular formula is C16H23N3O. The van der Waals surface area contributed by atoms with Crippen molar-refractivity contribution in [3.63, 3.8) is 0 Å². The van der Waals surface area contributed by atoms with Gasteiger partial charge in [-0.3, -0.25) is 0 Å². The van der Waals surface area contributed by atoms with E-state index in [-0.39, 0.29) is 6.04 Å². The molecule has 0 aliphatic rings. The van der Waals surface area contributed by atoms with E-state index >= 15 is 0 Å². The first-order valence-electron chi connectivity index (χ1n) is 7.05. The van der Waals surface area contributed by atoms with Crippen molar-refractivity contribution in [3.8, 4) is 0 Å². The number of hydrogen-bond acceptors (Lipinski definition) is 4. The van der Waals surface area contributed by atoms with Crippen molar-refractivity contribution in [3.05, 3.63) is 35.9 Å². The molecule has 1 atom stereocenters. The summed E-state index contributed by atoms with van der Waals surface area (Å²) in [4.78, 5) is 7.06. The number of fused-ring (bicyclic) bond motifs is 1. The van der Waals surface area contributed by atoms with Crippen molar-refractivity contribution < 1.29 is 4.74 Å². The monoisotopic (exact) mass is 273 g/mol. The van der Waals surface area contributed by atoms with E-state index in [9.17, 15) is 0 Å². The van der Waals surface area contributed by atoms with E-state index in [0.29, 0.717) is 13.2 Å². The molecule has 2 aromatic rings. The fourth-order valence-electron chi connectivity index (χ4n) is 2.55. The maximum absolute atomic E-state index is 5.91. The lowest BCUT2D eigenvalue weighted by Crippen LogP contribution is -2.37. The molecule has 0 aliphatic carbocycles. The predicted octanol–water partition coefficient (Wildman–Crippen LogP) is 2.55. The molecule has 20 heavy (non-hydrogen) atoms. The van der Waals surface area contributed by atoms with Crippen molar-refractivity contribution in [2.75, 3.05) is 25.2 Å². The van der Waals surface area contributed by atoms with Gasteiger partial charge in [-0.25, -0.2) is 4.98 Å². The zero-order chi connectivity index (χ0) is 14.5. The minimum absolute atomic E-state index is 0.268. The Bertz CT molecular complexity index is 571. The number of nitrogens with zero attached hydrogens (tertiary/aromatic N) is 2. The van der Waals surface area contributed by atoms with E-state index in [4.69, 9.17) is 15.5 Å². The summed E-state index contributed by atoms with van der Waals surface area (Å²) >= 11 is 0. The lowest BCUT2D eigenvalue weighted by molar-refractivity contribution is 0.181. The lowest BCUT2D eigenvalue weighted by atomic mass is 10.1. The zero-order valence-corrected chi connectivity index (χ0v) is 12.5. The fraction of sp³-hybridized carbons (Fsp3) is 0.438. The SMILES string of the molecule is CCN(c1nc2ccccc2cc1CN)C(C)COC. The molecule has 0 bridgehead atoms. The number of para-hydroxylation sites is 1. The summed E-state index contributed by atoms with van der Waals surface area (Å²) in [5.74, 6) is 0.971. The van der Waals surface area contributed by atoms with Crippen LogP contribution in [-0.2, 0) is 11.3 Å². The Hall–Kier alpha value is -1.65. The van der Waals surface area contributed by atoms with Crippen molar-refractivity contribution in [2.24, 2.45) is 5.73 Å². The van der Waals surface area contributed by atoms with Crippen LogP contribution in [0.4, 0.5) is 5.82 Å². The van der Waals surface area contributed by atoms with Crippen LogP contribution in [0.25, 0.3) is 10.9 Å². The highest BCUT2D eigenvalue weighted by Gasteiger charge is 2.17. The van der Waals surface area contributed by atoms with Gasteiger partial charge >= 0.3 is 0 Å². The summed E-state index contributed by atoms with van der Waals surface area (Å²) in [7, 11) is 1.72. The molecule has 0 radical (unpaired) electrons. The van der Waals surface area contributed by atoms with Crippen LogP contribution in [0.15, 0.2) is 30.3 Å². The lowest BCUT2D eigenvalue weighted by Gasteiger charge is -2.30. The zero-order valence-electron chi connectivity index (χ0n) is 12.5. The maximum Gasteiger partial charge on any atom is 0.134 e. The van der Waals surface area contributed by atoms with Gasteiger partial charge in [0.1, 0.15) is 5.82 Å². The summed E-state index contributed by atoms with van der Waals surface area (Å²) in [6.45, 7) is 6.31. The van der Waals surface area contributed by atoms with Crippen LogP contribution in [0.2, 0.25) is 0 Å². The molecule has 108 valence electrons. The van der Waals surface area contributed by atoms with Crippen molar-refractivity contribution >= 4 is 16.7 Å². The number of aromatic nitrogens is 1. The third kappa shape index (κ3) is 2.92. The van der Waals surface area contributed by atoms with Gasteiger partial charge in [-0.2, -0.15) is 0 Å². The summed E-state index contributed by atoms with van der Waals surface area (Å²) < 4.78 is 5.27.